The number of carbonyl (C=O) groups excluding carboxylic acids is 1. The first-order chi connectivity index (χ1) is 10.1. The molecule has 1 N–H and O–H groups in total. The number of amides is 1. The topological polar surface area (TPSA) is 42.0 Å². The van der Waals surface area contributed by atoms with Crippen molar-refractivity contribution in [2.75, 3.05) is 0 Å². The van der Waals surface area contributed by atoms with E-state index in [-0.39, 0.29) is 17.7 Å². The number of benzene rings is 1. The van der Waals surface area contributed by atoms with Gasteiger partial charge >= 0.3 is 0 Å². The number of rotatable bonds is 5. The molecule has 1 amide bonds. The van der Waals surface area contributed by atoms with Crippen LogP contribution in [0.2, 0.25) is 5.02 Å². The molecule has 1 atom stereocenters. The minimum Gasteiger partial charge on any atom is -0.351 e. The second kappa shape index (κ2) is 7.23. The molecule has 0 aliphatic heterocycles. The third-order valence-electron chi connectivity index (χ3n) is 3.37. The highest BCUT2D eigenvalue weighted by Crippen LogP contribution is 2.26. The minimum absolute atomic E-state index is 0.0242. The number of nitrogens with one attached hydrogen (secondary N) is 1. The number of aromatic nitrogens is 1. The van der Waals surface area contributed by atoms with E-state index in [0.717, 1.165) is 11.1 Å². The van der Waals surface area contributed by atoms with Gasteiger partial charge in [-0.25, -0.2) is 0 Å². The van der Waals surface area contributed by atoms with Gasteiger partial charge < -0.3 is 5.32 Å². The van der Waals surface area contributed by atoms with E-state index >= 15 is 0 Å². The first kappa shape index (κ1) is 15.5. The molecule has 2 aromatic rings. The molecule has 0 aliphatic carbocycles. The van der Waals surface area contributed by atoms with Gasteiger partial charge in [-0.2, -0.15) is 0 Å². The van der Waals surface area contributed by atoms with Gasteiger partial charge in [0, 0.05) is 24.0 Å². The van der Waals surface area contributed by atoms with Crippen LogP contribution in [-0.4, -0.2) is 10.9 Å². The average Bonchev–Trinajstić information content (AvgIpc) is 2.48. The van der Waals surface area contributed by atoms with Crippen LogP contribution in [0.25, 0.3) is 0 Å². The van der Waals surface area contributed by atoms with E-state index < -0.39 is 0 Å². The van der Waals surface area contributed by atoms with Crippen LogP contribution >= 0.6 is 11.6 Å². The molecule has 4 heteroatoms. The second-order valence-electron chi connectivity index (χ2n) is 5.35. The average molecular weight is 303 g/mol. The maximum absolute atomic E-state index is 12.5. The molecule has 0 saturated heterocycles. The summed E-state index contributed by atoms with van der Waals surface area (Å²) in [6, 6.07) is 11.3. The lowest BCUT2D eigenvalue weighted by molar-refractivity contribution is -0.123. The Balaban J connectivity index is 2.07. The van der Waals surface area contributed by atoms with E-state index in [1.165, 1.54) is 0 Å². The van der Waals surface area contributed by atoms with Gasteiger partial charge in [-0.15, -0.1) is 0 Å². The van der Waals surface area contributed by atoms with E-state index in [9.17, 15) is 4.79 Å². The van der Waals surface area contributed by atoms with Crippen LogP contribution < -0.4 is 5.32 Å². The zero-order valence-electron chi connectivity index (χ0n) is 12.2. The number of pyridine rings is 1. The third-order valence-corrected chi connectivity index (χ3v) is 3.62. The summed E-state index contributed by atoms with van der Waals surface area (Å²) in [6.45, 7) is 4.58. The molecule has 0 aliphatic rings. The summed E-state index contributed by atoms with van der Waals surface area (Å²) in [7, 11) is 0. The largest absolute Gasteiger partial charge is 0.351 e. The molecule has 1 unspecified atom stereocenters. The fourth-order valence-corrected chi connectivity index (χ4v) is 2.44. The predicted octanol–water partition coefficient (Wildman–Crippen LogP) is 3.79. The first-order valence-corrected chi connectivity index (χ1v) is 7.38. The van der Waals surface area contributed by atoms with E-state index in [4.69, 9.17) is 11.6 Å². The molecule has 110 valence electrons. The summed E-state index contributed by atoms with van der Waals surface area (Å²) < 4.78 is 0. The van der Waals surface area contributed by atoms with Crippen LogP contribution in [0.3, 0.4) is 0 Å². The van der Waals surface area contributed by atoms with Crippen molar-refractivity contribution in [2.24, 2.45) is 5.92 Å². The van der Waals surface area contributed by atoms with Gasteiger partial charge in [0.1, 0.15) is 0 Å². The van der Waals surface area contributed by atoms with Crippen molar-refractivity contribution in [2.45, 2.75) is 26.3 Å². The van der Waals surface area contributed by atoms with Crippen LogP contribution in [0.5, 0.6) is 0 Å². The molecule has 1 heterocycles. The Morgan fingerprint density at radius 2 is 1.95 bits per heavy atom. The number of nitrogens with zero attached hydrogens (tertiary/aromatic N) is 1. The number of hydrogen-bond acceptors (Lipinski definition) is 2. The van der Waals surface area contributed by atoms with E-state index in [1.807, 2.05) is 50.2 Å². The Morgan fingerprint density at radius 1 is 1.24 bits per heavy atom. The normalized spacial score (nSPS) is 12.2. The van der Waals surface area contributed by atoms with Crippen LogP contribution in [0.4, 0.5) is 0 Å². The zero-order valence-corrected chi connectivity index (χ0v) is 13.0. The Bertz CT molecular complexity index is 581. The molecule has 3 nitrogen and oxygen atoms in total. The maximum Gasteiger partial charge on any atom is 0.228 e. The Labute approximate surface area is 130 Å². The lowest BCUT2D eigenvalue weighted by Gasteiger charge is -2.21. The molecule has 0 spiro atoms. The molecule has 0 radical (unpaired) electrons. The van der Waals surface area contributed by atoms with Gasteiger partial charge in [0.05, 0.1) is 5.92 Å². The number of carbonyl (C=O) groups is 1. The monoisotopic (exact) mass is 302 g/mol. The van der Waals surface area contributed by atoms with Crippen LogP contribution in [-0.2, 0) is 11.3 Å². The molecule has 0 fully saturated rings. The fourth-order valence-electron chi connectivity index (χ4n) is 2.31. The van der Waals surface area contributed by atoms with Crippen molar-refractivity contribution in [3.8, 4) is 0 Å². The van der Waals surface area contributed by atoms with Crippen molar-refractivity contribution in [3.63, 3.8) is 0 Å². The second-order valence-corrected chi connectivity index (χ2v) is 5.79. The van der Waals surface area contributed by atoms with E-state index in [2.05, 4.69) is 10.3 Å². The minimum atomic E-state index is -0.182. The Morgan fingerprint density at radius 3 is 2.52 bits per heavy atom. The summed E-state index contributed by atoms with van der Waals surface area (Å²) in [5.74, 6) is 0.0511. The van der Waals surface area contributed by atoms with Gasteiger partial charge in [0.15, 0.2) is 0 Å². The fraction of sp³-hybridized carbons (Fsp3) is 0.294. The van der Waals surface area contributed by atoms with E-state index in [0.29, 0.717) is 11.6 Å². The molecule has 2 rings (SSSR count). The van der Waals surface area contributed by atoms with Crippen LogP contribution in [0.1, 0.15) is 30.9 Å². The van der Waals surface area contributed by atoms with Gasteiger partial charge in [-0.3, -0.25) is 9.78 Å². The number of halogens is 1. The van der Waals surface area contributed by atoms with Gasteiger partial charge in [-0.1, -0.05) is 43.6 Å². The predicted molar refractivity (Wildman–Crippen MR) is 85.1 cm³/mol. The quantitative estimate of drug-likeness (QED) is 0.913. The van der Waals surface area contributed by atoms with Crippen molar-refractivity contribution in [3.05, 3.63) is 64.9 Å². The first-order valence-electron chi connectivity index (χ1n) is 7.00. The standard InChI is InChI=1S/C17H19ClN2O/c1-12(2)16(14-5-7-15(18)8-6-14)17(21)20-11-13-4-3-9-19-10-13/h3-10,12,16H,11H2,1-2H3,(H,20,21). The summed E-state index contributed by atoms with van der Waals surface area (Å²) in [5.41, 5.74) is 1.97. The summed E-state index contributed by atoms with van der Waals surface area (Å²) in [6.07, 6.45) is 3.48. The summed E-state index contributed by atoms with van der Waals surface area (Å²) in [5, 5.41) is 3.66. The molecule has 0 bridgehead atoms. The number of hydrogen-bond donors (Lipinski definition) is 1. The summed E-state index contributed by atoms with van der Waals surface area (Å²) in [4.78, 5) is 16.5. The van der Waals surface area contributed by atoms with Crippen molar-refractivity contribution in [1.29, 1.82) is 0 Å². The van der Waals surface area contributed by atoms with Crippen molar-refractivity contribution < 1.29 is 4.79 Å². The third kappa shape index (κ3) is 4.30. The lowest BCUT2D eigenvalue weighted by atomic mass is 9.87. The molecule has 1 aromatic carbocycles. The highest BCUT2D eigenvalue weighted by atomic mass is 35.5. The Hall–Kier alpha value is -1.87. The summed E-state index contributed by atoms with van der Waals surface area (Å²) >= 11 is 5.91. The molecule has 0 saturated carbocycles. The van der Waals surface area contributed by atoms with Gasteiger partial charge in [0.25, 0.3) is 0 Å². The Kier molecular flexibility index (Phi) is 5.34. The SMILES string of the molecule is CC(C)C(C(=O)NCc1cccnc1)c1ccc(Cl)cc1. The highest BCUT2D eigenvalue weighted by molar-refractivity contribution is 6.30. The molecule has 1 aromatic heterocycles. The van der Waals surface area contributed by atoms with Crippen molar-refractivity contribution in [1.82, 2.24) is 10.3 Å². The molecular weight excluding hydrogens is 284 g/mol. The van der Waals surface area contributed by atoms with Crippen molar-refractivity contribution >= 4 is 17.5 Å². The molecule has 21 heavy (non-hydrogen) atoms. The smallest absolute Gasteiger partial charge is 0.228 e. The lowest BCUT2D eigenvalue weighted by Crippen LogP contribution is -2.31. The van der Waals surface area contributed by atoms with Gasteiger partial charge in [0.2, 0.25) is 5.91 Å². The zero-order chi connectivity index (χ0) is 15.2. The molecular formula is C17H19ClN2O. The highest BCUT2D eigenvalue weighted by Gasteiger charge is 2.23. The van der Waals surface area contributed by atoms with Crippen LogP contribution in [0.15, 0.2) is 48.8 Å². The van der Waals surface area contributed by atoms with Crippen LogP contribution in [0, 0.1) is 5.92 Å². The maximum atomic E-state index is 12.5. The van der Waals surface area contributed by atoms with Gasteiger partial charge in [-0.05, 0) is 35.2 Å². The van der Waals surface area contributed by atoms with E-state index in [1.54, 1.807) is 12.4 Å².